The molecule has 0 aliphatic carbocycles. The largest absolute Gasteiger partial charge is 0.416 e. The van der Waals surface area contributed by atoms with Crippen LogP contribution in [0, 0.1) is 6.92 Å². The number of aromatic nitrogens is 4. The number of hydrogen-bond donors (Lipinski definition) is 1. The van der Waals surface area contributed by atoms with Gasteiger partial charge in [-0.1, -0.05) is 6.07 Å². The summed E-state index contributed by atoms with van der Waals surface area (Å²) in [5.41, 5.74) is -0.0553. The summed E-state index contributed by atoms with van der Waals surface area (Å²) in [6, 6.07) is 4.30. The smallest absolute Gasteiger partial charge is 0.349 e. The monoisotopic (exact) mass is 421 g/mol. The highest BCUT2D eigenvalue weighted by Gasteiger charge is 2.31. The van der Waals surface area contributed by atoms with Gasteiger partial charge in [0, 0.05) is 30.0 Å². The number of carbonyl (C=O) groups is 1. The summed E-state index contributed by atoms with van der Waals surface area (Å²) in [5, 5.41) is 14.2. The predicted octanol–water partition coefficient (Wildman–Crippen LogP) is 3.86. The van der Waals surface area contributed by atoms with Gasteiger partial charge in [0.1, 0.15) is 11.5 Å². The summed E-state index contributed by atoms with van der Waals surface area (Å²) in [7, 11) is 0. The van der Waals surface area contributed by atoms with Crippen molar-refractivity contribution in [3.05, 3.63) is 51.6 Å². The van der Waals surface area contributed by atoms with Crippen molar-refractivity contribution in [1.82, 2.24) is 25.1 Å². The van der Waals surface area contributed by atoms with Gasteiger partial charge in [-0.25, -0.2) is 4.98 Å². The fraction of sp³-hybridized carbons (Fsp3) is 0.368. The van der Waals surface area contributed by atoms with E-state index in [1.54, 1.807) is 0 Å². The van der Waals surface area contributed by atoms with Gasteiger partial charge in [0.05, 0.1) is 10.6 Å². The van der Waals surface area contributed by atoms with Gasteiger partial charge in [0.15, 0.2) is 5.82 Å². The van der Waals surface area contributed by atoms with E-state index in [0.29, 0.717) is 31.6 Å². The highest BCUT2D eigenvalue weighted by Crippen LogP contribution is 2.29. The summed E-state index contributed by atoms with van der Waals surface area (Å²) in [5.74, 6) is 1.02. The molecule has 1 aliphatic heterocycles. The molecule has 1 aromatic carbocycles. The molecule has 1 aliphatic rings. The van der Waals surface area contributed by atoms with Crippen LogP contribution in [0.15, 0.2) is 29.6 Å². The minimum Gasteiger partial charge on any atom is -0.349 e. The Kier molecular flexibility index (Phi) is 5.12. The van der Waals surface area contributed by atoms with Crippen LogP contribution in [0.5, 0.6) is 0 Å². The number of rotatable bonds is 3. The summed E-state index contributed by atoms with van der Waals surface area (Å²) in [4.78, 5) is 16.9. The minimum absolute atomic E-state index is 0.00196. The predicted molar refractivity (Wildman–Crippen MR) is 102 cm³/mol. The molecule has 1 N–H and O–H groups in total. The Labute approximate surface area is 168 Å². The van der Waals surface area contributed by atoms with E-state index in [2.05, 4.69) is 20.5 Å². The third-order valence-corrected chi connectivity index (χ3v) is 5.65. The number of fused-ring (bicyclic) bond motifs is 1. The number of benzene rings is 1. The summed E-state index contributed by atoms with van der Waals surface area (Å²) < 4.78 is 40.7. The Morgan fingerprint density at radius 2 is 2.10 bits per heavy atom. The van der Waals surface area contributed by atoms with Crippen LogP contribution in [0.3, 0.4) is 0 Å². The molecule has 10 heteroatoms. The van der Waals surface area contributed by atoms with E-state index >= 15 is 0 Å². The molecule has 2 aromatic heterocycles. The van der Waals surface area contributed by atoms with Crippen molar-refractivity contribution in [2.24, 2.45) is 0 Å². The molecule has 3 aromatic rings. The van der Waals surface area contributed by atoms with Gasteiger partial charge in [-0.3, -0.25) is 4.79 Å². The lowest BCUT2D eigenvalue weighted by Crippen LogP contribution is -2.35. The molecule has 0 radical (unpaired) electrons. The Morgan fingerprint density at radius 1 is 1.28 bits per heavy atom. The first-order valence-electron chi connectivity index (χ1n) is 9.14. The van der Waals surface area contributed by atoms with Crippen molar-refractivity contribution in [3.8, 4) is 11.5 Å². The fourth-order valence-corrected chi connectivity index (χ4v) is 3.98. The molecule has 29 heavy (non-hydrogen) atoms. The molecule has 4 rings (SSSR count). The van der Waals surface area contributed by atoms with Crippen LogP contribution in [0.4, 0.5) is 13.2 Å². The molecule has 1 amide bonds. The molecule has 0 bridgehead atoms. The topological polar surface area (TPSA) is 72.7 Å². The van der Waals surface area contributed by atoms with Gasteiger partial charge in [-0.05, 0) is 38.0 Å². The molecule has 0 fully saturated rings. The second kappa shape index (κ2) is 7.58. The Bertz CT molecular complexity index is 1040. The number of thiazole rings is 1. The Hall–Kier alpha value is -2.75. The average molecular weight is 421 g/mol. The molecule has 3 heterocycles. The number of halogens is 3. The summed E-state index contributed by atoms with van der Waals surface area (Å²) in [6.07, 6.45) is -2.60. The second-order valence-corrected chi connectivity index (χ2v) is 7.98. The maximum atomic E-state index is 12.9. The maximum absolute atomic E-state index is 12.9. The lowest BCUT2D eigenvalue weighted by molar-refractivity contribution is -0.137. The normalized spacial score (nSPS) is 16.9. The summed E-state index contributed by atoms with van der Waals surface area (Å²) >= 11 is 1.54. The van der Waals surface area contributed by atoms with E-state index < -0.39 is 17.6 Å². The first kappa shape index (κ1) is 19.6. The second-order valence-electron chi connectivity index (χ2n) is 6.92. The first-order valence-corrected chi connectivity index (χ1v) is 10.0. The van der Waals surface area contributed by atoms with Crippen LogP contribution in [-0.4, -0.2) is 31.7 Å². The van der Waals surface area contributed by atoms with Gasteiger partial charge in [-0.15, -0.1) is 21.5 Å². The molecule has 6 nitrogen and oxygen atoms in total. The molecular formula is C19H18F3N5OS. The van der Waals surface area contributed by atoms with Gasteiger partial charge in [0.25, 0.3) is 5.91 Å². The van der Waals surface area contributed by atoms with Crippen molar-refractivity contribution >= 4 is 17.2 Å². The van der Waals surface area contributed by atoms with E-state index in [9.17, 15) is 18.0 Å². The van der Waals surface area contributed by atoms with Crippen molar-refractivity contribution in [2.75, 3.05) is 0 Å². The lowest BCUT2D eigenvalue weighted by Gasteiger charge is -2.17. The quantitative estimate of drug-likeness (QED) is 0.697. The highest BCUT2D eigenvalue weighted by atomic mass is 32.1. The number of amides is 1. The van der Waals surface area contributed by atoms with Crippen molar-refractivity contribution < 1.29 is 18.0 Å². The molecule has 1 atom stereocenters. The Morgan fingerprint density at radius 3 is 2.83 bits per heavy atom. The molecule has 0 spiro atoms. The number of nitrogens with one attached hydrogen (secondary N) is 1. The first-order chi connectivity index (χ1) is 13.8. The Balaban J connectivity index is 1.46. The number of carbonyl (C=O) groups excluding carboxylic acids is 1. The van der Waals surface area contributed by atoms with Crippen LogP contribution < -0.4 is 5.32 Å². The van der Waals surface area contributed by atoms with Crippen molar-refractivity contribution in [1.29, 1.82) is 0 Å². The van der Waals surface area contributed by atoms with E-state index in [1.807, 2.05) is 16.9 Å². The molecule has 0 saturated carbocycles. The van der Waals surface area contributed by atoms with Crippen molar-refractivity contribution in [3.63, 3.8) is 0 Å². The van der Waals surface area contributed by atoms with E-state index in [4.69, 9.17) is 0 Å². The zero-order valence-electron chi connectivity index (χ0n) is 15.5. The van der Waals surface area contributed by atoms with Gasteiger partial charge in [-0.2, -0.15) is 13.2 Å². The lowest BCUT2D eigenvalue weighted by atomic mass is 10.1. The third-order valence-electron chi connectivity index (χ3n) is 4.88. The van der Waals surface area contributed by atoms with Gasteiger partial charge in [0.2, 0.25) is 0 Å². The fourth-order valence-electron chi connectivity index (χ4n) is 3.39. The molecule has 152 valence electrons. The SMILES string of the molecule is Cc1nc(-c2nnc3n2CCC(NC(=O)c2cccc(C(F)(F)F)c2)CC3)cs1. The van der Waals surface area contributed by atoms with Crippen LogP contribution in [0.1, 0.15) is 39.6 Å². The standard InChI is InChI=1S/C19H18F3N5OS/c1-11-23-15(10-29-11)17-26-25-16-6-5-14(7-8-27(16)17)24-18(28)12-3-2-4-13(9-12)19(20,21)22/h2-4,9-10,14H,5-8H2,1H3,(H,24,28). The van der Waals surface area contributed by atoms with Gasteiger partial charge < -0.3 is 9.88 Å². The van der Waals surface area contributed by atoms with E-state index in [1.165, 1.54) is 23.5 Å². The summed E-state index contributed by atoms with van der Waals surface area (Å²) in [6.45, 7) is 2.52. The van der Waals surface area contributed by atoms with Gasteiger partial charge >= 0.3 is 6.18 Å². The van der Waals surface area contributed by atoms with E-state index in [-0.39, 0.29) is 11.6 Å². The third kappa shape index (κ3) is 4.16. The van der Waals surface area contributed by atoms with Crippen LogP contribution in [0.2, 0.25) is 0 Å². The number of aryl methyl sites for hydroxylation is 2. The van der Waals surface area contributed by atoms with Crippen molar-refractivity contribution in [2.45, 2.75) is 44.9 Å². The zero-order chi connectivity index (χ0) is 20.6. The molecule has 1 unspecified atom stereocenters. The average Bonchev–Trinajstić information content (AvgIpc) is 3.23. The zero-order valence-corrected chi connectivity index (χ0v) is 16.3. The number of alkyl halides is 3. The van der Waals surface area contributed by atoms with Crippen LogP contribution >= 0.6 is 11.3 Å². The highest BCUT2D eigenvalue weighted by molar-refractivity contribution is 7.09. The maximum Gasteiger partial charge on any atom is 0.416 e. The van der Waals surface area contributed by atoms with Crippen LogP contribution in [0.25, 0.3) is 11.5 Å². The number of hydrogen-bond acceptors (Lipinski definition) is 5. The van der Waals surface area contributed by atoms with E-state index in [0.717, 1.165) is 28.7 Å². The molecule has 0 saturated heterocycles. The number of nitrogens with zero attached hydrogens (tertiary/aromatic N) is 4. The van der Waals surface area contributed by atoms with Crippen LogP contribution in [-0.2, 0) is 19.1 Å². The molecular weight excluding hydrogens is 403 g/mol. The minimum atomic E-state index is -4.48.